The fraction of sp³-hybridized carbons (Fsp3) is 0.172. The average Bonchev–Trinajstić information content (AvgIpc) is 3.31. The fourth-order valence-electron chi connectivity index (χ4n) is 4.00. The Balaban J connectivity index is 1.78. The number of nitrogens with zero attached hydrogens (tertiary/aromatic N) is 2. The van der Waals surface area contributed by atoms with Crippen molar-refractivity contribution in [1.29, 1.82) is 0 Å². The van der Waals surface area contributed by atoms with E-state index in [1.54, 1.807) is 13.2 Å². The van der Waals surface area contributed by atoms with Gasteiger partial charge in [-0.15, -0.1) is 0 Å². The van der Waals surface area contributed by atoms with Crippen LogP contribution in [0.2, 0.25) is 10.0 Å². The number of halogens is 2. The van der Waals surface area contributed by atoms with Gasteiger partial charge in [0.05, 0.1) is 41.3 Å². The summed E-state index contributed by atoms with van der Waals surface area (Å²) in [7, 11) is 3.00. The Morgan fingerprint density at radius 2 is 1.78 bits per heavy atom. The van der Waals surface area contributed by atoms with E-state index in [2.05, 4.69) is 12.1 Å². The summed E-state index contributed by atoms with van der Waals surface area (Å²) in [4.78, 5) is 11.8. The Morgan fingerprint density at radius 3 is 2.44 bits per heavy atom. The van der Waals surface area contributed by atoms with Crippen LogP contribution in [0, 0.1) is 6.92 Å². The molecule has 36 heavy (non-hydrogen) atoms. The lowest BCUT2D eigenvalue weighted by molar-refractivity contribution is -0.134. The van der Waals surface area contributed by atoms with Crippen LogP contribution in [0.5, 0.6) is 5.75 Å². The number of aromatic nitrogens is 2. The van der Waals surface area contributed by atoms with Crippen LogP contribution in [0.15, 0.2) is 84.9 Å². The first-order valence-electron chi connectivity index (χ1n) is 11.4. The van der Waals surface area contributed by atoms with Crippen LogP contribution < -0.4 is 4.74 Å². The number of rotatable bonds is 8. The number of carbonyl (C=O) groups is 1. The van der Waals surface area contributed by atoms with E-state index in [9.17, 15) is 4.79 Å². The largest absolute Gasteiger partial charge is 0.497 e. The van der Waals surface area contributed by atoms with Gasteiger partial charge in [0.15, 0.2) is 0 Å². The standard InChI is InChI=1S/C29H26Cl2N2O3/c1-19-5-4-6-20(15-19)21(8-14-29(34)36-3)16-23-18-28(22-7-13-26(30)27(31)17-22)33(32-23)24-9-11-25(35-2)12-10-24/h4-15,17-18,21H,16H2,1-3H3/b14-8+. The molecule has 0 radical (unpaired) electrons. The van der Waals surface area contributed by atoms with Crippen molar-refractivity contribution in [1.82, 2.24) is 9.78 Å². The molecule has 0 saturated heterocycles. The molecule has 0 N–H and O–H groups in total. The summed E-state index contributed by atoms with van der Waals surface area (Å²) in [6.07, 6.45) is 3.91. The number of aryl methyl sites for hydroxylation is 1. The predicted molar refractivity (Wildman–Crippen MR) is 144 cm³/mol. The zero-order valence-corrected chi connectivity index (χ0v) is 21.8. The van der Waals surface area contributed by atoms with Crippen LogP contribution in [0.4, 0.5) is 0 Å². The minimum absolute atomic E-state index is 0.0788. The normalized spacial score (nSPS) is 12.0. The summed E-state index contributed by atoms with van der Waals surface area (Å²) in [6, 6.07) is 23.5. The van der Waals surface area contributed by atoms with Gasteiger partial charge in [0.25, 0.3) is 0 Å². The van der Waals surface area contributed by atoms with Gasteiger partial charge in [0, 0.05) is 24.0 Å². The smallest absolute Gasteiger partial charge is 0.330 e. The van der Waals surface area contributed by atoms with Gasteiger partial charge >= 0.3 is 5.97 Å². The Hall–Kier alpha value is -3.54. The second kappa shape index (κ2) is 11.5. The van der Waals surface area contributed by atoms with E-state index in [0.29, 0.717) is 16.5 Å². The summed E-state index contributed by atoms with van der Waals surface area (Å²) >= 11 is 12.5. The molecule has 0 saturated carbocycles. The SMILES string of the molecule is COC(=O)/C=C/C(Cc1cc(-c2ccc(Cl)c(Cl)c2)n(-c2ccc(OC)cc2)n1)c1cccc(C)c1. The number of methoxy groups -OCH3 is 2. The molecule has 7 heteroatoms. The molecule has 4 rings (SSSR count). The number of hydrogen-bond acceptors (Lipinski definition) is 4. The van der Waals surface area contributed by atoms with Crippen molar-refractivity contribution < 1.29 is 14.3 Å². The highest BCUT2D eigenvalue weighted by Crippen LogP contribution is 2.32. The molecular weight excluding hydrogens is 495 g/mol. The van der Waals surface area contributed by atoms with Crippen LogP contribution in [-0.2, 0) is 16.0 Å². The number of hydrogen-bond donors (Lipinski definition) is 0. The first-order chi connectivity index (χ1) is 17.4. The molecule has 0 aliphatic carbocycles. The quantitative estimate of drug-likeness (QED) is 0.182. The van der Waals surface area contributed by atoms with Crippen LogP contribution in [0.25, 0.3) is 16.9 Å². The van der Waals surface area contributed by atoms with Gasteiger partial charge in [0.2, 0.25) is 0 Å². The third kappa shape index (κ3) is 5.99. The number of esters is 1. The van der Waals surface area contributed by atoms with Crippen molar-refractivity contribution in [3.05, 3.63) is 112 Å². The number of ether oxygens (including phenoxy) is 2. The molecule has 1 unspecified atom stereocenters. The molecule has 0 amide bonds. The van der Waals surface area contributed by atoms with Crippen LogP contribution in [0.1, 0.15) is 22.7 Å². The maximum Gasteiger partial charge on any atom is 0.330 e. The van der Waals surface area contributed by atoms with Gasteiger partial charge in [-0.3, -0.25) is 0 Å². The van der Waals surface area contributed by atoms with Crippen molar-refractivity contribution >= 4 is 29.2 Å². The molecule has 5 nitrogen and oxygen atoms in total. The van der Waals surface area contributed by atoms with Crippen molar-refractivity contribution in [3.8, 4) is 22.7 Å². The third-order valence-corrected chi connectivity index (χ3v) is 6.60. The van der Waals surface area contributed by atoms with Crippen molar-refractivity contribution in [2.45, 2.75) is 19.3 Å². The molecule has 3 aromatic carbocycles. The lowest BCUT2D eigenvalue weighted by Crippen LogP contribution is -2.04. The Bertz CT molecular complexity index is 1390. The van der Waals surface area contributed by atoms with Gasteiger partial charge < -0.3 is 9.47 Å². The molecule has 184 valence electrons. The molecule has 0 bridgehead atoms. The second-order valence-corrected chi connectivity index (χ2v) is 9.18. The van der Waals surface area contributed by atoms with Crippen molar-refractivity contribution in [2.75, 3.05) is 14.2 Å². The average molecular weight is 521 g/mol. The molecule has 0 aliphatic heterocycles. The summed E-state index contributed by atoms with van der Waals surface area (Å²) in [5.41, 5.74) is 5.72. The molecule has 1 heterocycles. The van der Waals surface area contributed by atoms with Crippen molar-refractivity contribution in [2.24, 2.45) is 0 Å². The molecule has 1 atom stereocenters. The molecule has 1 aromatic heterocycles. The van der Waals surface area contributed by atoms with E-state index in [1.807, 2.05) is 72.3 Å². The predicted octanol–water partition coefficient (Wildman–Crippen LogP) is 7.22. The summed E-state index contributed by atoms with van der Waals surface area (Å²) in [6.45, 7) is 2.05. The molecule has 0 fully saturated rings. The summed E-state index contributed by atoms with van der Waals surface area (Å²) in [5, 5.41) is 5.91. The van der Waals surface area contributed by atoms with Gasteiger partial charge in [-0.2, -0.15) is 5.10 Å². The highest BCUT2D eigenvalue weighted by Gasteiger charge is 2.17. The van der Waals surface area contributed by atoms with Crippen LogP contribution in [0.3, 0.4) is 0 Å². The minimum atomic E-state index is -0.395. The minimum Gasteiger partial charge on any atom is -0.497 e. The van der Waals surface area contributed by atoms with Crippen molar-refractivity contribution in [3.63, 3.8) is 0 Å². The first kappa shape index (κ1) is 25.5. The Morgan fingerprint density at radius 1 is 1.00 bits per heavy atom. The topological polar surface area (TPSA) is 53.4 Å². The summed E-state index contributed by atoms with van der Waals surface area (Å²) < 4.78 is 12.0. The zero-order valence-electron chi connectivity index (χ0n) is 20.2. The number of allylic oxidation sites excluding steroid dienone is 1. The summed E-state index contributed by atoms with van der Waals surface area (Å²) in [5.74, 6) is 0.285. The maximum atomic E-state index is 11.8. The monoisotopic (exact) mass is 520 g/mol. The molecule has 0 spiro atoms. The first-order valence-corrected chi connectivity index (χ1v) is 12.1. The lowest BCUT2D eigenvalue weighted by Gasteiger charge is -2.13. The van der Waals surface area contributed by atoms with Gasteiger partial charge in [-0.05, 0) is 55.0 Å². The molecule has 4 aromatic rings. The molecular formula is C29H26Cl2N2O3. The number of carbonyl (C=O) groups excluding carboxylic acids is 1. The van der Waals surface area contributed by atoms with Crippen LogP contribution >= 0.6 is 23.2 Å². The van der Waals surface area contributed by atoms with Crippen LogP contribution in [-0.4, -0.2) is 30.0 Å². The molecule has 0 aliphatic rings. The zero-order chi connectivity index (χ0) is 25.7. The van der Waals surface area contributed by atoms with E-state index >= 15 is 0 Å². The lowest BCUT2D eigenvalue weighted by atomic mass is 9.92. The Kier molecular flexibility index (Phi) is 8.14. The van der Waals surface area contributed by atoms with E-state index in [0.717, 1.165) is 39.5 Å². The fourth-order valence-corrected chi connectivity index (χ4v) is 4.30. The van der Waals surface area contributed by atoms with E-state index in [-0.39, 0.29) is 5.92 Å². The van der Waals surface area contributed by atoms with Gasteiger partial charge in [-0.25, -0.2) is 9.48 Å². The van der Waals surface area contributed by atoms with Gasteiger partial charge in [0.1, 0.15) is 5.75 Å². The van der Waals surface area contributed by atoms with E-state index in [4.69, 9.17) is 37.8 Å². The van der Waals surface area contributed by atoms with E-state index in [1.165, 1.54) is 13.2 Å². The highest BCUT2D eigenvalue weighted by molar-refractivity contribution is 6.42. The third-order valence-electron chi connectivity index (χ3n) is 5.86. The maximum absolute atomic E-state index is 11.8. The van der Waals surface area contributed by atoms with Gasteiger partial charge in [-0.1, -0.05) is 65.2 Å². The second-order valence-electron chi connectivity index (χ2n) is 8.37. The number of benzene rings is 3. The van der Waals surface area contributed by atoms with E-state index < -0.39 is 5.97 Å². The highest BCUT2D eigenvalue weighted by atomic mass is 35.5. The Labute approximate surface area is 220 Å².